The Morgan fingerprint density at radius 3 is 1.61 bits per heavy atom. The zero-order valence-electron chi connectivity index (χ0n) is 15.5. The van der Waals surface area contributed by atoms with Gasteiger partial charge in [-0.05, 0) is 12.1 Å². The maximum atomic E-state index is 5.08. The number of aromatic nitrogens is 1. The Kier molecular flexibility index (Phi) is 15.8. The predicted molar refractivity (Wildman–Crippen MR) is 94.9 cm³/mol. The number of nitrogens with zero attached hydrogens (tertiary/aromatic N) is 5. The first-order valence-electron chi connectivity index (χ1n) is 7.97. The monoisotopic (exact) mass is 488 g/mol. The minimum Gasteiger partial charge on any atom is -1.00 e. The molecule has 0 saturated carbocycles. The van der Waals surface area contributed by atoms with E-state index in [4.69, 9.17) is 9.47 Å². The standard InChI is InChI=1S/C17H21N5O2.3ClH.Fe/c1-23-8-6-12-10-18-16(20-12)14-4-3-5-15(22-14)17-19-11-13(21-17)7-9-24-2;;;;/h3-5H,6-11H2,1-2H3;3*1H;/q;;;;+3/p-3. The molecular formula is C17H21Cl3FeN5O2. The molecule has 7 nitrogen and oxygen atoms in total. The van der Waals surface area contributed by atoms with Crippen molar-refractivity contribution in [2.45, 2.75) is 12.8 Å². The number of hydrogen-bond donors (Lipinski definition) is 0. The summed E-state index contributed by atoms with van der Waals surface area (Å²) < 4.78 is 10.2. The fourth-order valence-corrected chi connectivity index (χ4v) is 2.44. The SMILES string of the molecule is COCCC1=NC(c2cccc(C3=NCC(CCOC)=N3)n2)=NC1.[Cl-].[Cl-].[Cl-].[Fe+3]. The molecule has 155 valence electrons. The second kappa shape index (κ2) is 15.0. The zero-order valence-corrected chi connectivity index (χ0v) is 18.9. The molecule has 0 unspecified atom stereocenters. The molecule has 0 bridgehead atoms. The summed E-state index contributed by atoms with van der Waals surface area (Å²) in [5.41, 5.74) is 3.56. The fourth-order valence-electron chi connectivity index (χ4n) is 2.44. The first kappa shape index (κ1) is 29.3. The van der Waals surface area contributed by atoms with Crippen molar-refractivity contribution < 1.29 is 63.8 Å². The molecule has 3 rings (SSSR count). The van der Waals surface area contributed by atoms with Crippen molar-refractivity contribution in [3.05, 3.63) is 29.6 Å². The van der Waals surface area contributed by atoms with Crippen molar-refractivity contribution in [1.82, 2.24) is 4.98 Å². The van der Waals surface area contributed by atoms with Crippen LogP contribution in [0.5, 0.6) is 0 Å². The van der Waals surface area contributed by atoms with Gasteiger partial charge in [-0.25, -0.2) is 15.0 Å². The summed E-state index contributed by atoms with van der Waals surface area (Å²) in [4.78, 5) is 22.7. The van der Waals surface area contributed by atoms with Gasteiger partial charge >= 0.3 is 17.1 Å². The summed E-state index contributed by atoms with van der Waals surface area (Å²) in [5.74, 6) is 1.34. The Labute approximate surface area is 194 Å². The minimum absolute atomic E-state index is 0. The third-order valence-electron chi connectivity index (χ3n) is 3.75. The molecule has 0 saturated heterocycles. The van der Waals surface area contributed by atoms with E-state index < -0.39 is 0 Å². The molecule has 0 aliphatic carbocycles. The molecule has 1 radical (unpaired) electrons. The van der Waals surface area contributed by atoms with E-state index in [1.807, 2.05) is 18.2 Å². The average molecular weight is 490 g/mol. The first-order valence-corrected chi connectivity index (χ1v) is 7.97. The first-order chi connectivity index (χ1) is 11.8. The second-order valence-electron chi connectivity index (χ2n) is 5.53. The van der Waals surface area contributed by atoms with Gasteiger partial charge < -0.3 is 46.7 Å². The zero-order chi connectivity index (χ0) is 16.8. The number of aliphatic imine (C=N–C) groups is 4. The van der Waals surface area contributed by atoms with Gasteiger partial charge in [-0.1, -0.05) is 6.07 Å². The Morgan fingerprint density at radius 1 is 0.786 bits per heavy atom. The van der Waals surface area contributed by atoms with Crippen LogP contribution in [0, 0.1) is 0 Å². The molecule has 2 aliphatic rings. The van der Waals surface area contributed by atoms with Crippen molar-refractivity contribution >= 4 is 23.1 Å². The van der Waals surface area contributed by atoms with Crippen molar-refractivity contribution in [3.63, 3.8) is 0 Å². The van der Waals surface area contributed by atoms with Gasteiger partial charge in [0, 0.05) is 38.5 Å². The fraction of sp³-hybridized carbons (Fsp3) is 0.471. The van der Waals surface area contributed by atoms with Crippen LogP contribution in [0.3, 0.4) is 0 Å². The van der Waals surface area contributed by atoms with E-state index in [2.05, 4.69) is 25.0 Å². The van der Waals surface area contributed by atoms with Crippen molar-refractivity contribution in [2.24, 2.45) is 20.0 Å². The van der Waals surface area contributed by atoms with Crippen LogP contribution in [0.25, 0.3) is 0 Å². The van der Waals surface area contributed by atoms with Crippen LogP contribution >= 0.6 is 0 Å². The number of pyridine rings is 1. The van der Waals surface area contributed by atoms with E-state index in [1.54, 1.807) is 14.2 Å². The van der Waals surface area contributed by atoms with Crippen molar-refractivity contribution in [1.29, 1.82) is 0 Å². The smallest absolute Gasteiger partial charge is 1.00 e. The Hall–Kier alpha value is -0.861. The van der Waals surface area contributed by atoms with Gasteiger partial charge in [0.2, 0.25) is 0 Å². The maximum Gasteiger partial charge on any atom is 3.00 e. The molecular weight excluding hydrogens is 468 g/mol. The number of halogens is 3. The van der Waals surface area contributed by atoms with Gasteiger partial charge in [-0.3, -0.25) is 9.98 Å². The summed E-state index contributed by atoms with van der Waals surface area (Å²) in [7, 11) is 3.37. The predicted octanol–water partition coefficient (Wildman–Crippen LogP) is -7.43. The molecule has 0 aromatic carbocycles. The number of rotatable bonds is 8. The summed E-state index contributed by atoms with van der Waals surface area (Å²) >= 11 is 0. The van der Waals surface area contributed by atoms with Crippen LogP contribution < -0.4 is 37.2 Å². The van der Waals surface area contributed by atoms with Crippen LogP contribution in [-0.2, 0) is 26.5 Å². The Balaban J connectivity index is 0. The van der Waals surface area contributed by atoms with Gasteiger partial charge in [0.25, 0.3) is 0 Å². The average Bonchev–Trinajstić information content (AvgIpc) is 3.28. The van der Waals surface area contributed by atoms with Crippen LogP contribution in [0.4, 0.5) is 0 Å². The molecule has 2 aliphatic heterocycles. The van der Waals surface area contributed by atoms with E-state index in [0.29, 0.717) is 38.0 Å². The molecule has 11 heteroatoms. The summed E-state index contributed by atoms with van der Waals surface area (Å²) in [5, 5.41) is 0. The van der Waals surface area contributed by atoms with Crippen molar-refractivity contribution in [3.8, 4) is 0 Å². The van der Waals surface area contributed by atoms with Crippen LogP contribution in [0.15, 0.2) is 38.2 Å². The number of ether oxygens (including phenoxy) is 2. The van der Waals surface area contributed by atoms with E-state index in [9.17, 15) is 0 Å². The molecule has 1 aromatic heterocycles. The third-order valence-corrected chi connectivity index (χ3v) is 3.75. The molecule has 0 spiro atoms. The van der Waals surface area contributed by atoms with Crippen LogP contribution in [-0.4, -0.2) is 68.6 Å². The largest absolute Gasteiger partial charge is 3.00 e. The van der Waals surface area contributed by atoms with Crippen molar-refractivity contribution in [2.75, 3.05) is 40.5 Å². The molecule has 0 amide bonds. The van der Waals surface area contributed by atoms with Crippen LogP contribution in [0.1, 0.15) is 24.2 Å². The molecule has 0 N–H and O–H groups in total. The van der Waals surface area contributed by atoms with E-state index in [0.717, 1.165) is 35.7 Å². The maximum absolute atomic E-state index is 5.08. The third kappa shape index (κ3) is 7.87. The van der Waals surface area contributed by atoms with E-state index >= 15 is 0 Å². The van der Waals surface area contributed by atoms with Gasteiger partial charge in [-0.15, -0.1) is 0 Å². The normalized spacial score (nSPS) is 14.4. The van der Waals surface area contributed by atoms with E-state index in [-0.39, 0.29) is 54.3 Å². The summed E-state index contributed by atoms with van der Waals surface area (Å²) in [6.07, 6.45) is 1.59. The number of amidine groups is 2. The van der Waals surface area contributed by atoms with Crippen LogP contribution in [0.2, 0.25) is 0 Å². The van der Waals surface area contributed by atoms with Gasteiger partial charge in [0.05, 0.1) is 26.3 Å². The second-order valence-corrected chi connectivity index (χ2v) is 5.53. The summed E-state index contributed by atoms with van der Waals surface area (Å²) in [6.45, 7) is 2.55. The molecule has 0 atom stereocenters. The van der Waals surface area contributed by atoms with Gasteiger partial charge in [0.15, 0.2) is 11.7 Å². The molecule has 3 heterocycles. The topological polar surface area (TPSA) is 80.8 Å². The Bertz CT molecular complexity index is 684. The molecule has 28 heavy (non-hydrogen) atoms. The minimum atomic E-state index is 0. The quantitative estimate of drug-likeness (QED) is 0.341. The Morgan fingerprint density at radius 2 is 1.21 bits per heavy atom. The summed E-state index contributed by atoms with van der Waals surface area (Å²) in [6, 6.07) is 5.76. The van der Waals surface area contributed by atoms with Gasteiger partial charge in [0.1, 0.15) is 11.4 Å². The van der Waals surface area contributed by atoms with Gasteiger partial charge in [-0.2, -0.15) is 0 Å². The molecule has 1 aromatic rings. The number of hydrogen-bond acceptors (Lipinski definition) is 7. The van der Waals surface area contributed by atoms with E-state index in [1.165, 1.54) is 0 Å². The number of methoxy groups -OCH3 is 2. The molecule has 0 fully saturated rings.